The van der Waals surface area contributed by atoms with Crippen LogP contribution in [0.4, 0.5) is 0 Å². The van der Waals surface area contributed by atoms with E-state index in [0.29, 0.717) is 0 Å². The quantitative estimate of drug-likeness (QED) is 0.251. The summed E-state index contributed by atoms with van der Waals surface area (Å²) in [6.45, 7) is 0.101. The third-order valence-corrected chi connectivity index (χ3v) is 3.86. The van der Waals surface area contributed by atoms with Crippen molar-refractivity contribution in [2.45, 2.75) is 13.0 Å². The Hall–Kier alpha value is -2.98. The Morgan fingerprint density at radius 2 is 1.31 bits per heavy atom. The number of nitrogens with zero attached hydrogens (tertiary/aromatic N) is 1. The summed E-state index contributed by atoms with van der Waals surface area (Å²) < 4.78 is 0. The molecular formula is C19H18InN3O6-. The van der Waals surface area contributed by atoms with Gasteiger partial charge in [-0.3, -0.25) is 4.79 Å². The van der Waals surface area contributed by atoms with Gasteiger partial charge in [-0.2, -0.15) is 0 Å². The molecule has 2 aromatic carbocycles. The molecule has 0 amide bonds. The van der Waals surface area contributed by atoms with Crippen molar-refractivity contribution in [3.05, 3.63) is 87.4 Å². The van der Waals surface area contributed by atoms with Crippen LogP contribution in [-0.4, -0.2) is 57.1 Å². The zero-order valence-electron chi connectivity index (χ0n) is 15.2. The Morgan fingerprint density at radius 3 is 1.76 bits per heavy atom. The van der Waals surface area contributed by atoms with Gasteiger partial charge in [0.05, 0.1) is 18.1 Å². The van der Waals surface area contributed by atoms with E-state index < -0.39 is 11.1 Å². The molecule has 0 aliphatic heterocycles. The van der Waals surface area contributed by atoms with Crippen molar-refractivity contribution in [3.63, 3.8) is 0 Å². The first-order chi connectivity index (χ1) is 13.4. The molecule has 4 rings (SSSR count). The minimum absolute atomic E-state index is 0. The van der Waals surface area contributed by atoms with Gasteiger partial charge in [-0.25, -0.2) is 0 Å². The SMILES string of the molecule is O=C(O)Cc1c[nH]c2ccccc12.O=[N+]([O-])[O-].OCc1c[nH]c2ccccc12.[In]. The summed E-state index contributed by atoms with van der Waals surface area (Å²) in [6.07, 6.45) is 3.66. The van der Waals surface area contributed by atoms with Gasteiger partial charge >= 0.3 is 5.97 Å². The van der Waals surface area contributed by atoms with Crippen LogP contribution in [0.25, 0.3) is 21.8 Å². The van der Waals surface area contributed by atoms with Crippen molar-refractivity contribution in [2.24, 2.45) is 0 Å². The van der Waals surface area contributed by atoms with E-state index in [2.05, 4.69) is 9.97 Å². The molecule has 0 bridgehead atoms. The Labute approximate surface area is 183 Å². The summed E-state index contributed by atoms with van der Waals surface area (Å²) in [5.74, 6) is -0.801. The fraction of sp³-hybridized carbons (Fsp3) is 0.105. The number of aromatic nitrogens is 2. The van der Waals surface area contributed by atoms with Crippen LogP contribution in [0.1, 0.15) is 11.1 Å². The summed E-state index contributed by atoms with van der Waals surface area (Å²) in [7, 11) is 0. The zero-order valence-corrected chi connectivity index (χ0v) is 18.5. The number of nitrogens with one attached hydrogen (secondary N) is 2. The number of carbonyl (C=O) groups is 1. The molecule has 0 aliphatic carbocycles. The fourth-order valence-electron chi connectivity index (χ4n) is 2.70. The number of aliphatic hydroxyl groups is 1. The molecule has 10 heteroatoms. The van der Waals surface area contributed by atoms with Crippen molar-refractivity contribution in [1.82, 2.24) is 9.97 Å². The van der Waals surface area contributed by atoms with Gasteiger partial charge in [0.1, 0.15) is 0 Å². The molecular weight excluding hydrogens is 481 g/mol. The number of aliphatic carboxylic acids is 1. The van der Waals surface area contributed by atoms with Crippen LogP contribution < -0.4 is 0 Å². The molecule has 2 heterocycles. The number of aliphatic hydroxyl groups excluding tert-OH is 1. The van der Waals surface area contributed by atoms with Gasteiger partial charge in [0.25, 0.3) is 0 Å². The molecule has 0 fully saturated rings. The second-order valence-electron chi connectivity index (χ2n) is 5.67. The molecule has 4 N–H and O–H groups in total. The molecule has 29 heavy (non-hydrogen) atoms. The van der Waals surface area contributed by atoms with Gasteiger partial charge in [-0.05, 0) is 17.7 Å². The van der Waals surface area contributed by atoms with Crippen molar-refractivity contribution in [3.8, 4) is 0 Å². The largest absolute Gasteiger partial charge is 0.481 e. The first-order valence-corrected chi connectivity index (χ1v) is 8.16. The minimum Gasteiger partial charge on any atom is -0.481 e. The van der Waals surface area contributed by atoms with E-state index in [4.69, 9.17) is 25.5 Å². The van der Waals surface area contributed by atoms with E-state index in [1.165, 1.54) is 0 Å². The van der Waals surface area contributed by atoms with Crippen LogP contribution in [0.3, 0.4) is 0 Å². The van der Waals surface area contributed by atoms with Crippen molar-refractivity contribution < 1.29 is 20.1 Å². The predicted octanol–water partition coefficient (Wildman–Crippen LogP) is 2.84. The van der Waals surface area contributed by atoms with E-state index in [-0.39, 0.29) is 38.9 Å². The molecule has 0 saturated carbocycles. The summed E-state index contributed by atoms with van der Waals surface area (Å²) in [4.78, 5) is 24.9. The fourth-order valence-corrected chi connectivity index (χ4v) is 2.70. The maximum atomic E-state index is 10.5. The van der Waals surface area contributed by atoms with Crippen molar-refractivity contribution in [1.29, 1.82) is 0 Å². The Balaban J connectivity index is 0.000000241. The van der Waals surface area contributed by atoms with Gasteiger partial charge in [-0.1, -0.05) is 36.4 Å². The van der Waals surface area contributed by atoms with Crippen molar-refractivity contribution in [2.75, 3.05) is 0 Å². The third kappa shape index (κ3) is 7.16. The molecule has 0 saturated heterocycles. The number of rotatable bonds is 3. The smallest absolute Gasteiger partial charge is 0.307 e. The van der Waals surface area contributed by atoms with Gasteiger partial charge in [0.15, 0.2) is 0 Å². The first-order valence-electron chi connectivity index (χ1n) is 8.16. The Bertz CT molecular complexity index is 1070. The second kappa shape index (κ2) is 11.8. The van der Waals surface area contributed by atoms with Crippen molar-refractivity contribution >= 4 is 53.6 Å². The molecule has 2 aromatic heterocycles. The minimum atomic E-state index is -1.75. The summed E-state index contributed by atoms with van der Waals surface area (Å²) in [6, 6.07) is 15.6. The van der Waals surface area contributed by atoms with Crippen LogP contribution in [0.15, 0.2) is 60.9 Å². The normalized spacial score (nSPS) is 9.55. The number of hydrogen-bond donors (Lipinski definition) is 4. The van der Waals surface area contributed by atoms with Crippen LogP contribution >= 0.6 is 0 Å². The number of carboxylic acids is 1. The molecule has 0 spiro atoms. The van der Waals surface area contributed by atoms with Crippen LogP contribution in [0.2, 0.25) is 0 Å². The van der Waals surface area contributed by atoms with E-state index >= 15 is 0 Å². The number of carboxylic acid groups (broad SMARTS) is 1. The average Bonchev–Trinajstić information content (AvgIpc) is 3.26. The average molecular weight is 499 g/mol. The Morgan fingerprint density at radius 1 is 0.897 bits per heavy atom. The van der Waals surface area contributed by atoms with E-state index in [1.807, 2.05) is 54.7 Å². The third-order valence-electron chi connectivity index (χ3n) is 3.86. The topological polar surface area (TPSA) is 155 Å². The standard InChI is InChI=1S/C10H9NO2.C9H9NO.In.NO3/c12-10(13)5-7-6-11-9-4-2-1-3-8(7)9;11-6-7-5-10-9-4-2-1-3-8(7)9;;2-1(3)4/h1-4,6,11H,5H2,(H,12,13);1-5,10-11H,6H2;;/q;;;-1. The van der Waals surface area contributed by atoms with Gasteiger partial charge in [-0.15, -0.1) is 0 Å². The molecule has 3 radical (unpaired) electrons. The second-order valence-corrected chi connectivity index (χ2v) is 5.67. The summed E-state index contributed by atoms with van der Waals surface area (Å²) in [5.41, 5.74) is 3.86. The first kappa shape index (κ1) is 24.1. The van der Waals surface area contributed by atoms with Crippen LogP contribution in [-0.2, 0) is 17.8 Å². The summed E-state index contributed by atoms with van der Waals surface area (Å²) >= 11 is 0. The van der Waals surface area contributed by atoms with Crippen LogP contribution in [0, 0.1) is 15.3 Å². The maximum Gasteiger partial charge on any atom is 0.307 e. The molecule has 149 valence electrons. The zero-order chi connectivity index (χ0) is 20.5. The Kier molecular flexibility index (Phi) is 9.77. The van der Waals surface area contributed by atoms with Gasteiger partial charge in [0.2, 0.25) is 0 Å². The molecule has 4 aromatic rings. The molecule has 0 atom stereocenters. The number of H-pyrrole nitrogens is 2. The summed E-state index contributed by atoms with van der Waals surface area (Å²) in [5, 5.41) is 34.4. The number of benzene rings is 2. The molecule has 0 aliphatic rings. The van der Waals surface area contributed by atoms with E-state index in [9.17, 15) is 4.79 Å². The van der Waals surface area contributed by atoms with E-state index in [1.54, 1.807) is 6.20 Å². The number of fused-ring (bicyclic) bond motifs is 2. The number of aromatic amines is 2. The molecule has 0 unspecified atom stereocenters. The van der Waals surface area contributed by atoms with E-state index in [0.717, 1.165) is 32.9 Å². The monoisotopic (exact) mass is 499 g/mol. The molecule has 9 nitrogen and oxygen atoms in total. The maximum absolute atomic E-state index is 10.5. The van der Waals surface area contributed by atoms with Crippen LogP contribution in [0.5, 0.6) is 0 Å². The number of para-hydroxylation sites is 2. The number of hydrogen-bond acceptors (Lipinski definition) is 5. The van der Waals surface area contributed by atoms with Gasteiger partial charge in [0, 0.05) is 65.6 Å². The predicted molar refractivity (Wildman–Crippen MR) is 110 cm³/mol. The van der Waals surface area contributed by atoms with Gasteiger partial charge < -0.3 is 35.5 Å².